The quantitative estimate of drug-likeness (QED) is 0.618. The highest BCUT2D eigenvalue weighted by Crippen LogP contribution is 2.34. The van der Waals surface area contributed by atoms with E-state index in [1.165, 1.54) is 17.0 Å². The van der Waals surface area contributed by atoms with Gasteiger partial charge in [-0.3, -0.25) is 14.5 Å². The number of rotatable bonds is 5. The van der Waals surface area contributed by atoms with Crippen molar-refractivity contribution in [2.24, 2.45) is 11.8 Å². The molecule has 0 aromatic heterocycles. The highest BCUT2D eigenvalue weighted by atomic mass is 19.1. The van der Waals surface area contributed by atoms with E-state index in [2.05, 4.69) is 0 Å². The van der Waals surface area contributed by atoms with Gasteiger partial charge < -0.3 is 4.90 Å². The minimum Gasteiger partial charge on any atom is -0.300 e. The molecule has 1 heterocycles. The Bertz CT molecular complexity index is 600. The molecule has 2 aliphatic rings. The molecule has 0 N–H and O–H groups in total. The van der Waals surface area contributed by atoms with Crippen LogP contribution in [-0.4, -0.2) is 41.8 Å². The minimum atomic E-state index is -0.249. The predicted molar refractivity (Wildman–Crippen MR) is 84.8 cm³/mol. The molecule has 5 heteroatoms. The van der Waals surface area contributed by atoms with Crippen LogP contribution >= 0.6 is 0 Å². The van der Waals surface area contributed by atoms with E-state index in [0.717, 1.165) is 5.56 Å². The number of imide groups is 1. The van der Waals surface area contributed by atoms with Crippen LogP contribution in [-0.2, 0) is 16.1 Å². The molecule has 23 heavy (non-hydrogen) atoms. The van der Waals surface area contributed by atoms with Crippen LogP contribution in [0.5, 0.6) is 0 Å². The lowest BCUT2D eigenvalue weighted by molar-refractivity contribution is -0.140. The lowest BCUT2D eigenvalue weighted by Gasteiger charge is -2.21. The molecule has 4 nitrogen and oxygen atoms in total. The molecule has 0 bridgehead atoms. The van der Waals surface area contributed by atoms with Gasteiger partial charge in [0, 0.05) is 19.6 Å². The van der Waals surface area contributed by atoms with Crippen molar-refractivity contribution in [2.45, 2.75) is 19.4 Å². The average Bonchev–Trinajstić information content (AvgIpc) is 2.80. The highest BCUT2D eigenvalue weighted by molar-refractivity contribution is 6.05. The van der Waals surface area contributed by atoms with Crippen LogP contribution in [0.1, 0.15) is 18.4 Å². The van der Waals surface area contributed by atoms with Gasteiger partial charge in [-0.1, -0.05) is 24.3 Å². The number of allylic oxidation sites excluding steroid dienone is 2. The van der Waals surface area contributed by atoms with Crippen LogP contribution < -0.4 is 0 Å². The van der Waals surface area contributed by atoms with Gasteiger partial charge in [0.1, 0.15) is 5.82 Å². The van der Waals surface area contributed by atoms with Crippen molar-refractivity contribution < 1.29 is 14.0 Å². The molecule has 3 rings (SSSR count). The fraction of sp³-hybridized carbons (Fsp3) is 0.444. The molecule has 1 saturated heterocycles. The molecule has 1 fully saturated rings. The zero-order chi connectivity index (χ0) is 16.4. The van der Waals surface area contributed by atoms with Crippen molar-refractivity contribution in [1.29, 1.82) is 0 Å². The van der Waals surface area contributed by atoms with Crippen LogP contribution in [0.25, 0.3) is 0 Å². The molecule has 0 unspecified atom stereocenters. The van der Waals surface area contributed by atoms with E-state index in [4.69, 9.17) is 0 Å². The smallest absolute Gasteiger partial charge is 0.233 e. The van der Waals surface area contributed by atoms with E-state index >= 15 is 0 Å². The number of halogens is 1. The number of hydrogen-bond acceptors (Lipinski definition) is 3. The van der Waals surface area contributed by atoms with Gasteiger partial charge in [0.15, 0.2) is 0 Å². The van der Waals surface area contributed by atoms with Gasteiger partial charge in [-0.05, 0) is 37.6 Å². The molecule has 1 aliphatic carbocycles. The summed E-state index contributed by atoms with van der Waals surface area (Å²) in [6, 6.07) is 6.37. The Morgan fingerprint density at radius 1 is 1.09 bits per heavy atom. The topological polar surface area (TPSA) is 40.6 Å². The van der Waals surface area contributed by atoms with Crippen molar-refractivity contribution in [2.75, 3.05) is 20.1 Å². The third-order valence-electron chi connectivity index (χ3n) is 4.67. The second-order valence-corrected chi connectivity index (χ2v) is 6.35. The number of carbonyl (C=O) groups excluding carboxylic acids is 2. The van der Waals surface area contributed by atoms with Gasteiger partial charge in [0.25, 0.3) is 0 Å². The maximum Gasteiger partial charge on any atom is 0.233 e. The Morgan fingerprint density at radius 3 is 2.22 bits per heavy atom. The molecule has 0 radical (unpaired) electrons. The summed E-state index contributed by atoms with van der Waals surface area (Å²) in [4.78, 5) is 28.2. The van der Waals surface area contributed by atoms with Gasteiger partial charge in [0.05, 0.1) is 11.8 Å². The summed E-state index contributed by atoms with van der Waals surface area (Å²) in [6.45, 7) is 1.69. The molecule has 2 atom stereocenters. The number of likely N-dealkylation sites (tertiary alicyclic amines) is 1. The van der Waals surface area contributed by atoms with Crippen molar-refractivity contribution in [3.63, 3.8) is 0 Å². The fourth-order valence-corrected chi connectivity index (χ4v) is 3.34. The van der Waals surface area contributed by atoms with Gasteiger partial charge >= 0.3 is 0 Å². The summed E-state index contributed by atoms with van der Waals surface area (Å²) in [5.74, 6) is -0.621. The van der Waals surface area contributed by atoms with E-state index in [-0.39, 0.29) is 29.5 Å². The summed E-state index contributed by atoms with van der Waals surface area (Å²) in [5, 5.41) is 0. The number of nitrogens with zero attached hydrogens (tertiary/aromatic N) is 2. The lowest BCUT2D eigenvalue weighted by Crippen LogP contribution is -2.37. The number of carbonyl (C=O) groups is 2. The number of hydrogen-bond donors (Lipinski definition) is 0. The van der Waals surface area contributed by atoms with E-state index in [0.29, 0.717) is 32.5 Å². The third-order valence-corrected chi connectivity index (χ3v) is 4.67. The second-order valence-electron chi connectivity index (χ2n) is 6.35. The maximum absolute atomic E-state index is 12.9. The molecule has 2 amide bonds. The Balaban J connectivity index is 1.54. The van der Waals surface area contributed by atoms with Crippen LogP contribution in [0, 0.1) is 17.7 Å². The van der Waals surface area contributed by atoms with Gasteiger partial charge in [-0.15, -0.1) is 0 Å². The van der Waals surface area contributed by atoms with Crippen molar-refractivity contribution in [3.8, 4) is 0 Å². The first-order valence-electron chi connectivity index (χ1n) is 7.99. The van der Waals surface area contributed by atoms with Crippen LogP contribution in [0.2, 0.25) is 0 Å². The number of likely N-dealkylation sites (N-methyl/N-ethyl adjacent to an activating group) is 1. The fourth-order valence-electron chi connectivity index (χ4n) is 3.34. The summed E-state index contributed by atoms with van der Waals surface area (Å²) < 4.78 is 12.9. The minimum absolute atomic E-state index is 0.0282. The van der Waals surface area contributed by atoms with Gasteiger partial charge in [0.2, 0.25) is 11.8 Å². The van der Waals surface area contributed by atoms with Gasteiger partial charge in [-0.2, -0.15) is 0 Å². The van der Waals surface area contributed by atoms with Crippen LogP contribution in [0.15, 0.2) is 36.4 Å². The van der Waals surface area contributed by atoms with E-state index in [9.17, 15) is 14.0 Å². The largest absolute Gasteiger partial charge is 0.300 e. The summed E-state index contributed by atoms with van der Waals surface area (Å²) >= 11 is 0. The molecule has 1 aliphatic heterocycles. The molecule has 0 saturated carbocycles. The predicted octanol–water partition coefficient (Wildman–Crippen LogP) is 2.21. The van der Waals surface area contributed by atoms with Crippen molar-refractivity contribution in [1.82, 2.24) is 9.80 Å². The van der Waals surface area contributed by atoms with E-state index in [1.54, 1.807) is 12.1 Å². The molecular formula is C18H21FN2O2. The highest BCUT2D eigenvalue weighted by Gasteiger charge is 2.46. The second kappa shape index (κ2) is 6.62. The molecule has 0 spiro atoms. The Kier molecular flexibility index (Phi) is 4.57. The van der Waals surface area contributed by atoms with E-state index in [1.807, 2.05) is 24.1 Å². The first-order chi connectivity index (χ1) is 11.1. The number of amides is 2. The Labute approximate surface area is 135 Å². The number of fused-ring (bicyclic) bond motifs is 1. The molecule has 122 valence electrons. The third kappa shape index (κ3) is 3.34. The monoisotopic (exact) mass is 316 g/mol. The zero-order valence-electron chi connectivity index (χ0n) is 13.2. The first-order valence-corrected chi connectivity index (χ1v) is 7.99. The average molecular weight is 316 g/mol. The van der Waals surface area contributed by atoms with Crippen molar-refractivity contribution in [3.05, 3.63) is 47.8 Å². The van der Waals surface area contributed by atoms with Gasteiger partial charge in [-0.25, -0.2) is 4.39 Å². The summed E-state index contributed by atoms with van der Waals surface area (Å²) in [6.07, 6.45) is 5.35. The SMILES string of the molecule is CN(CCN1C(=O)[C@H]2CC=CC[C@@H]2C1=O)Cc1ccc(F)cc1. The van der Waals surface area contributed by atoms with Crippen molar-refractivity contribution >= 4 is 11.8 Å². The van der Waals surface area contributed by atoms with E-state index < -0.39 is 0 Å². The molecule has 1 aromatic rings. The van der Waals surface area contributed by atoms with Crippen LogP contribution in [0.4, 0.5) is 4.39 Å². The Hall–Kier alpha value is -2.01. The Morgan fingerprint density at radius 2 is 1.65 bits per heavy atom. The maximum atomic E-state index is 12.9. The standard InChI is InChI=1S/C18H21FN2O2/c1-20(12-13-6-8-14(19)9-7-13)10-11-21-17(22)15-4-2-3-5-16(15)18(21)23/h2-3,6-9,15-16H,4-5,10-12H2,1H3/t15-,16-/m0/s1. The van der Waals surface area contributed by atoms with Crippen LogP contribution in [0.3, 0.4) is 0 Å². The zero-order valence-corrected chi connectivity index (χ0v) is 13.2. The summed E-state index contributed by atoms with van der Waals surface area (Å²) in [5.41, 5.74) is 1.01. The molecular weight excluding hydrogens is 295 g/mol. The lowest BCUT2D eigenvalue weighted by atomic mass is 9.85. The molecule has 1 aromatic carbocycles. The first kappa shape index (κ1) is 15.9. The number of benzene rings is 1. The normalized spacial score (nSPS) is 23.7. The summed E-state index contributed by atoms with van der Waals surface area (Å²) in [7, 11) is 1.93.